The van der Waals surface area contributed by atoms with Crippen LogP contribution in [0.3, 0.4) is 0 Å². The fourth-order valence-electron chi connectivity index (χ4n) is 4.77. The number of benzene rings is 2. The quantitative estimate of drug-likeness (QED) is 0.331. The number of carbonyl (C=O) groups excluding carboxylic acids is 1. The first-order valence-electron chi connectivity index (χ1n) is 11.7. The molecule has 4 N–H and O–H groups in total. The van der Waals surface area contributed by atoms with Crippen molar-refractivity contribution in [1.29, 1.82) is 0 Å². The van der Waals surface area contributed by atoms with Crippen LogP contribution in [0, 0.1) is 5.41 Å². The van der Waals surface area contributed by atoms with Gasteiger partial charge in [-0.05, 0) is 72.5 Å². The largest absolute Gasteiger partial charge is 0.341 e. The summed E-state index contributed by atoms with van der Waals surface area (Å²) in [5.74, 6) is 0.576. The van der Waals surface area contributed by atoms with E-state index in [1.165, 1.54) is 5.56 Å². The molecule has 0 aliphatic carbocycles. The minimum atomic E-state index is -0.233. The normalized spacial score (nSPS) is 18.8. The minimum absolute atomic E-state index is 0.0242. The van der Waals surface area contributed by atoms with Gasteiger partial charge < -0.3 is 21.3 Å². The molecule has 1 unspecified atom stereocenters. The third-order valence-electron chi connectivity index (χ3n) is 6.57. The van der Waals surface area contributed by atoms with E-state index in [1.807, 2.05) is 41.3 Å². The lowest BCUT2D eigenvalue weighted by atomic mass is 9.70. The lowest BCUT2D eigenvalue weighted by Crippen LogP contribution is -2.53. The summed E-state index contributed by atoms with van der Waals surface area (Å²) in [6.07, 6.45) is 2.59. The highest BCUT2D eigenvalue weighted by Gasteiger charge is 2.39. The van der Waals surface area contributed by atoms with E-state index in [2.05, 4.69) is 36.6 Å². The Bertz CT molecular complexity index is 886. The molecule has 33 heavy (non-hydrogen) atoms. The second-order valence-electron chi connectivity index (χ2n) is 9.55. The second-order valence-corrected chi connectivity index (χ2v) is 10.4. The van der Waals surface area contributed by atoms with Gasteiger partial charge in [0.15, 0.2) is 0 Å². The monoisotopic (exact) mass is 490 g/mol. The maximum absolute atomic E-state index is 13.6. The fraction of sp³-hybridized carbons (Fsp3) is 0.500. The van der Waals surface area contributed by atoms with Crippen molar-refractivity contribution in [3.8, 4) is 0 Å². The molecule has 3 rings (SSSR count). The van der Waals surface area contributed by atoms with Crippen LogP contribution in [0.4, 0.5) is 0 Å². The molecule has 180 valence electrons. The van der Waals surface area contributed by atoms with Gasteiger partial charge in [-0.15, -0.1) is 0 Å². The number of halogens is 2. The van der Waals surface area contributed by atoms with Crippen molar-refractivity contribution < 1.29 is 4.79 Å². The standard InChI is InChI=1S/C26H36Cl2N4O/c1-26(2)17-32(15-13-23(26)20-7-11-22(28)12-8-20)25(33)24(4-3-14-30-18-29)31-16-19-5-9-21(27)10-6-19/h5-12,23-24,30-31H,3-4,13-18,29H2,1-2H3/t23?,24-/m1/s1. The Morgan fingerprint density at radius 1 is 1.12 bits per heavy atom. The number of carbonyl (C=O) groups is 1. The molecular formula is C26H36Cl2N4O. The van der Waals surface area contributed by atoms with Crippen LogP contribution < -0.4 is 16.4 Å². The Labute approximate surface area is 208 Å². The first-order chi connectivity index (χ1) is 15.8. The number of hydrogen-bond donors (Lipinski definition) is 3. The van der Waals surface area contributed by atoms with Crippen LogP contribution in [0.1, 0.15) is 50.2 Å². The first-order valence-corrected chi connectivity index (χ1v) is 12.5. The number of nitrogens with zero attached hydrogens (tertiary/aromatic N) is 1. The Morgan fingerprint density at radius 2 is 1.76 bits per heavy atom. The average Bonchev–Trinajstić information content (AvgIpc) is 2.79. The smallest absolute Gasteiger partial charge is 0.239 e. The third kappa shape index (κ3) is 7.43. The van der Waals surface area contributed by atoms with Crippen LogP contribution in [0.25, 0.3) is 0 Å². The van der Waals surface area contributed by atoms with E-state index in [1.54, 1.807) is 0 Å². The molecule has 2 atom stereocenters. The first kappa shape index (κ1) is 26.0. The third-order valence-corrected chi connectivity index (χ3v) is 7.07. The average molecular weight is 492 g/mol. The highest BCUT2D eigenvalue weighted by Crippen LogP contribution is 2.42. The van der Waals surface area contributed by atoms with E-state index in [-0.39, 0.29) is 17.4 Å². The predicted octanol–water partition coefficient (Wildman–Crippen LogP) is 4.78. The van der Waals surface area contributed by atoms with Crippen molar-refractivity contribution in [2.75, 3.05) is 26.3 Å². The van der Waals surface area contributed by atoms with Gasteiger partial charge in [0.2, 0.25) is 5.91 Å². The maximum Gasteiger partial charge on any atom is 0.239 e. The number of rotatable bonds is 10. The summed E-state index contributed by atoms with van der Waals surface area (Å²) < 4.78 is 0. The molecule has 1 aliphatic rings. The summed E-state index contributed by atoms with van der Waals surface area (Å²) in [5, 5.41) is 8.11. The van der Waals surface area contributed by atoms with Crippen LogP contribution >= 0.6 is 23.2 Å². The van der Waals surface area contributed by atoms with Gasteiger partial charge in [0, 0.05) is 36.3 Å². The molecule has 1 fully saturated rings. The summed E-state index contributed by atoms with van der Waals surface area (Å²) in [4.78, 5) is 15.6. The zero-order valence-corrected chi connectivity index (χ0v) is 21.1. The molecule has 1 amide bonds. The maximum atomic E-state index is 13.6. The van der Waals surface area contributed by atoms with Crippen molar-refractivity contribution in [2.24, 2.45) is 11.1 Å². The fourth-order valence-corrected chi connectivity index (χ4v) is 5.02. The van der Waals surface area contributed by atoms with Crippen LogP contribution in [0.5, 0.6) is 0 Å². The molecule has 0 spiro atoms. The van der Waals surface area contributed by atoms with Gasteiger partial charge in [0.25, 0.3) is 0 Å². The second kappa shape index (κ2) is 12.2. The van der Waals surface area contributed by atoms with Gasteiger partial charge in [-0.3, -0.25) is 4.79 Å². The van der Waals surface area contributed by atoms with E-state index < -0.39 is 0 Å². The molecule has 0 bridgehead atoms. The number of hydrogen-bond acceptors (Lipinski definition) is 4. The van der Waals surface area contributed by atoms with E-state index in [0.29, 0.717) is 24.2 Å². The molecule has 0 aromatic heterocycles. The number of piperidine rings is 1. The lowest BCUT2D eigenvalue weighted by Gasteiger charge is -2.45. The van der Waals surface area contributed by atoms with Crippen LogP contribution in [0.2, 0.25) is 10.0 Å². The molecule has 1 heterocycles. The highest BCUT2D eigenvalue weighted by atomic mass is 35.5. The molecule has 1 aliphatic heterocycles. The Balaban J connectivity index is 1.66. The molecule has 2 aromatic rings. The number of amides is 1. The van der Waals surface area contributed by atoms with E-state index in [0.717, 1.165) is 49.5 Å². The Morgan fingerprint density at radius 3 is 2.36 bits per heavy atom. The Kier molecular flexibility index (Phi) is 9.59. The molecule has 7 heteroatoms. The van der Waals surface area contributed by atoms with Crippen LogP contribution in [-0.4, -0.2) is 43.2 Å². The lowest BCUT2D eigenvalue weighted by molar-refractivity contribution is -0.137. The summed E-state index contributed by atoms with van der Waals surface area (Å²) in [6.45, 7) is 7.88. The number of likely N-dealkylation sites (tertiary alicyclic amines) is 1. The summed E-state index contributed by atoms with van der Waals surface area (Å²) in [7, 11) is 0. The highest BCUT2D eigenvalue weighted by molar-refractivity contribution is 6.30. The van der Waals surface area contributed by atoms with E-state index in [4.69, 9.17) is 28.9 Å². The summed E-state index contributed by atoms with van der Waals surface area (Å²) in [6, 6.07) is 15.7. The zero-order valence-electron chi connectivity index (χ0n) is 19.6. The van der Waals surface area contributed by atoms with Crippen molar-refractivity contribution in [3.63, 3.8) is 0 Å². The van der Waals surface area contributed by atoms with Crippen LogP contribution in [-0.2, 0) is 11.3 Å². The van der Waals surface area contributed by atoms with E-state index >= 15 is 0 Å². The molecule has 5 nitrogen and oxygen atoms in total. The van der Waals surface area contributed by atoms with Crippen molar-refractivity contribution >= 4 is 29.1 Å². The molecular weight excluding hydrogens is 455 g/mol. The Hall–Kier alpha value is -1.63. The topological polar surface area (TPSA) is 70.4 Å². The molecule has 0 saturated carbocycles. The molecule has 1 saturated heterocycles. The van der Waals surface area contributed by atoms with Gasteiger partial charge in [-0.25, -0.2) is 0 Å². The van der Waals surface area contributed by atoms with Crippen molar-refractivity contribution in [1.82, 2.24) is 15.5 Å². The zero-order chi connectivity index (χ0) is 23.8. The van der Waals surface area contributed by atoms with E-state index in [9.17, 15) is 4.79 Å². The summed E-state index contributed by atoms with van der Waals surface area (Å²) >= 11 is 12.1. The number of nitrogens with two attached hydrogens (primary N) is 1. The van der Waals surface area contributed by atoms with Gasteiger partial charge in [-0.1, -0.05) is 61.3 Å². The van der Waals surface area contributed by atoms with Gasteiger partial charge in [0.1, 0.15) is 0 Å². The SMILES string of the molecule is CC1(C)CN(C(=O)[C@@H](CCCNCN)NCc2ccc(Cl)cc2)CCC1c1ccc(Cl)cc1. The number of nitrogens with one attached hydrogen (secondary N) is 2. The van der Waals surface area contributed by atoms with Crippen LogP contribution in [0.15, 0.2) is 48.5 Å². The van der Waals surface area contributed by atoms with Gasteiger partial charge >= 0.3 is 0 Å². The molecule has 2 aromatic carbocycles. The minimum Gasteiger partial charge on any atom is -0.341 e. The van der Waals surface area contributed by atoms with Crippen molar-refractivity contribution in [3.05, 3.63) is 69.7 Å². The van der Waals surface area contributed by atoms with Gasteiger partial charge in [-0.2, -0.15) is 0 Å². The predicted molar refractivity (Wildman–Crippen MR) is 138 cm³/mol. The van der Waals surface area contributed by atoms with Gasteiger partial charge in [0.05, 0.1) is 6.04 Å². The molecule has 0 radical (unpaired) electrons. The summed E-state index contributed by atoms with van der Waals surface area (Å²) in [5.41, 5.74) is 7.93. The van der Waals surface area contributed by atoms with Crippen molar-refractivity contribution in [2.45, 2.75) is 51.6 Å².